The van der Waals surface area contributed by atoms with E-state index >= 15 is 4.39 Å². The van der Waals surface area contributed by atoms with E-state index in [1.807, 2.05) is 20.8 Å². The molecule has 0 radical (unpaired) electrons. The second kappa shape index (κ2) is 9.69. The van der Waals surface area contributed by atoms with Crippen LogP contribution in [-0.2, 0) is 16.3 Å². The van der Waals surface area contributed by atoms with Gasteiger partial charge in [-0.2, -0.15) is 0 Å². The number of benzene rings is 3. The van der Waals surface area contributed by atoms with E-state index in [9.17, 15) is 18.3 Å². The van der Waals surface area contributed by atoms with E-state index < -0.39 is 28.1 Å². The Morgan fingerprint density at radius 2 is 1.78 bits per heavy atom. The van der Waals surface area contributed by atoms with Crippen LogP contribution in [0.4, 0.5) is 15.8 Å². The van der Waals surface area contributed by atoms with Crippen LogP contribution in [-0.4, -0.2) is 24.5 Å². The predicted octanol–water partition coefficient (Wildman–Crippen LogP) is 7.01. The van der Waals surface area contributed by atoms with Gasteiger partial charge in [0.2, 0.25) is 10.9 Å². The second-order valence-corrected chi connectivity index (χ2v) is 10.7. The fourth-order valence-electron chi connectivity index (χ4n) is 4.10. The van der Waals surface area contributed by atoms with E-state index in [1.165, 1.54) is 36.5 Å². The molecule has 0 saturated heterocycles. The van der Waals surface area contributed by atoms with Gasteiger partial charge in [-0.3, -0.25) is 4.98 Å². The zero-order chi connectivity index (χ0) is 26.4. The Hall–Kier alpha value is -3.20. The lowest BCUT2D eigenvalue weighted by Gasteiger charge is -2.25. The Balaban J connectivity index is 2.03. The maximum atomic E-state index is 15.0. The quantitative estimate of drug-likeness (QED) is 0.263. The summed E-state index contributed by atoms with van der Waals surface area (Å²) in [7, 11) is -3.30. The molecule has 6 nitrogen and oxygen atoms in total. The summed E-state index contributed by atoms with van der Waals surface area (Å²) in [5.74, 6) is -1.72. The third kappa shape index (κ3) is 4.64. The SMILES string of the molecule is CC(C)(C)c1ccc(N(c2ccc(Cl)c(Cl)c2-c2ccc(C(=O)O)c3ncccc23)[SH](=O)=O)cc1F. The third-order valence-electron chi connectivity index (χ3n) is 5.74. The highest BCUT2D eigenvalue weighted by Gasteiger charge is 2.25. The topological polar surface area (TPSA) is 87.6 Å². The maximum absolute atomic E-state index is 15.0. The molecule has 3 aromatic carbocycles. The number of fused-ring (bicyclic) bond motifs is 1. The highest BCUT2D eigenvalue weighted by molar-refractivity contribution is 7.74. The number of nitrogens with zero attached hydrogens (tertiary/aromatic N) is 2. The minimum atomic E-state index is -3.30. The number of carboxylic acids is 1. The van der Waals surface area contributed by atoms with Gasteiger partial charge >= 0.3 is 5.97 Å². The highest BCUT2D eigenvalue weighted by atomic mass is 35.5. The van der Waals surface area contributed by atoms with Crippen LogP contribution in [0.2, 0.25) is 10.0 Å². The molecular formula is C26H21Cl2FN2O4S. The third-order valence-corrected chi connectivity index (χ3v) is 7.32. The molecule has 10 heteroatoms. The number of anilines is 2. The lowest BCUT2D eigenvalue weighted by Crippen LogP contribution is -2.18. The molecule has 0 aliphatic heterocycles. The zero-order valence-corrected chi connectivity index (χ0v) is 21.8. The molecule has 4 aromatic rings. The van der Waals surface area contributed by atoms with Crippen LogP contribution < -0.4 is 4.31 Å². The van der Waals surface area contributed by atoms with Crippen molar-refractivity contribution in [1.29, 1.82) is 0 Å². The molecule has 0 bridgehead atoms. The predicted molar refractivity (Wildman–Crippen MR) is 142 cm³/mol. The summed E-state index contributed by atoms with van der Waals surface area (Å²) in [6.07, 6.45) is 1.46. The maximum Gasteiger partial charge on any atom is 0.337 e. The number of rotatable bonds is 5. The van der Waals surface area contributed by atoms with Gasteiger partial charge in [0.15, 0.2) is 0 Å². The van der Waals surface area contributed by atoms with E-state index in [0.29, 0.717) is 16.5 Å². The Bertz CT molecular complexity index is 1590. The summed E-state index contributed by atoms with van der Waals surface area (Å²) in [5, 5.41) is 10.2. The first-order valence-electron chi connectivity index (χ1n) is 10.8. The molecule has 0 aliphatic carbocycles. The minimum absolute atomic E-state index is 0.0272. The van der Waals surface area contributed by atoms with Crippen molar-refractivity contribution in [3.05, 3.63) is 87.8 Å². The minimum Gasteiger partial charge on any atom is -0.478 e. The van der Waals surface area contributed by atoms with Crippen molar-refractivity contribution >= 4 is 62.3 Å². The van der Waals surface area contributed by atoms with Crippen LogP contribution >= 0.6 is 23.2 Å². The van der Waals surface area contributed by atoms with Gasteiger partial charge in [-0.25, -0.2) is 21.9 Å². The summed E-state index contributed by atoms with van der Waals surface area (Å²) >= 11 is 12.9. The molecule has 1 heterocycles. The first kappa shape index (κ1) is 25.9. The normalized spacial score (nSPS) is 11.8. The molecule has 0 fully saturated rings. The number of pyridine rings is 1. The molecule has 1 aromatic heterocycles. The van der Waals surface area contributed by atoms with Gasteiger partial charge in [0, 0.05) is 17.1 Å². The van der Waals surface area contributed by atoms with Crippen molar-refractivity contribution in [2.45, 2.75) is 26.2 Å². The van der Waals surface area contributed by atoms with E-state index in [0.717, 1.165) is 10.4 Å². The number of aromatic nitrogens is 1. The average molecular weight is 547 g/mol. The second-order valence-electron chi connectivity index (χ2n) is 9.08. The first-order chi connectivity index (χ1) is 16.9. The number of hydrogen-bond acceptors (Lipinski definition) is 4. The standard InChI is InChI=1S/C26H21Cl2FN2O4S/c1-26(2,3)18-9-6-14(13-20(18)29)31(36(34)35)21-11-10-19(27)23(28)22(21)15-7-8-17(25(32)33)24-16(15)5-4-12-30-24/h4-13,36H,1-3H3,(H,32,33). The van der Waals surface area contributed by atoms with Crippen molar-refractivity contribution in [1.82, 2.24) is 4.98 Å². The van der Waals surface area contributed by atoms with E-state index in [2.05, 4.69) is 4.98 Å². The number of thiol groups is 1. The van der Waals surface area contributed by atoms with Crippen LogP contribution in [0.25, 0.3) is 22.0 Å². The Labute approximate surface area is 219 Å². The Kier molecular flexibility index (Phi) is 6.96. The van der Waals surface area contributed by atoms with Crippen LogP contribution in [0, 0.1) is 5.82 Å². The number of hydrogen-bond donors (Lipinski definition) is 2. The lowest BCUT2D eigenvalue weighted by molar-refractivity contribution is 0.0699. The molecule has 0 atom stereocenters. The summed E-state index contributed by atoms with van der Waals surface area (Å²) < 4.78 is 41.1. The Morgan fingerprint density at radius 1 is 1.06 bits per heavy atom. The summed E-state index contributed by atoms with van der Waals surface area (Å²) in [6, 6.07) is 13.3. The van der Waals surface area contributed by atoms with Gasteiger partial charge in [-0.1, -0.05) is 62.2 Å². The average Bonchev–Trinajstić information content (AvgIpc) is 2.80. The van der Waals surface area contributed by atoms with Gasteiger partial charge in [-0.05, 0) is 52.9 Å². The molecule has 1 N–H and O–H groups in total. The largest absolute Gasteiger partial charge is 0.478 e. The monoisotopic (exact) mass is 546 g/mol. The molecule has 0 unspecified atom stereocenters. The van der Waals surface area contributed by atoms with E-state index in [1.54, 1.807) is 18.2 Å². The van der Waals surface area contributed by atoms with Gasteiger partial charge in [-0.15, -0.1) is 0 Å². The molecule has 36 heavy (non-hydrogen) atoms. The number of carbonyl (C=O) groups is 1. The zero-order valence-electron chi connectivity index (χ0n) is 19.4. The summed E-state index contributed by atoms with van der Waals surface area (Å²) in [6.45, 7) is 5.57. The van der Waals surface area contributed by atoms with Crippen molar-refractivity contribution < 1.29 is 22.7 Å². The van der Waals surface area contributed by atoms with Gasteiger partial charge in [0.25, 0.3) is 0 Å². The summed E-state index contributed by atoms with van der Waals surface area (Å²) in [4.78, 5) is 16.0. The lowest BCUT2D eigenvalue weighted by atomic mass is 9.86. The number of carboxylic acid groups (broad SMARTS) is 1. The van der Waals surface area contributed by atoms with E-state index in [4.69, 9.17) is 23.2 Å². The van der Waals surface area contributed by atoms with Gasteiger partial charge < -0.3 is 5.11 Å². The van der Waals surface area contributed by atoms with Gasteiger partial charge in [0.05, 0.1) is 32.5 Å². The fourth-order valence-corrected chi connectivity index (χ4v) is 5.18. The molecular weight excluding hydrogens is 526 g/mol. The first-order valence-corrected chi connectivity index (χ1v) is 12.6. The molecule has 186 valence electrons. The van der Waals surface area contributed by atoms with Crippen LogP contribution in [0.15, 0.2) is 60.8 Å². The fraction of sp³-hybridized carbons (Fsp3) is 0.154. The number of halogens is 3. The number of aromatic carboxylic acids is 1. The van der Waals surface area contributed by atoms with Crippen molar-refractivity contribution in [2.75, 3.05) is 4.31 Å². The molecule has 0 saturated carbocycles. The summed E-state index contributed by atoms with van der Waals surface area (Å²) in [5.41, 5.74) is 0.960. The molecule has 0 aliphatic rings. The van der Waals surface area contributed by atoms with Crippen LogP contribution in [0.5, 0.6) is 0 Å². The Morgan fingerprint density at radius 3 is 2.39 bits per heavy atom. The van der Waals surface area contributed by atoms with Crippen LogP contribution in [0.3, 0.4) is 0 Å². The van der Waals surface area contributed by atoms with Crippen molar-refractivity contribution in [2.24, 2.45) is 0 Å². The molecule has 0 spiro atoms. The smallest absolute Gasteiger partial charge is 0.337 e. The molecule has 0 amide bonds. The van der Waals surface area contributed by atoms with Crippen LogP contribution in [0.1, 0.15) is 36.7 Å². The van der Waals surface area contributed by atoms with E-state index in [-0.39, 0.29) is 38.1 Å². The van der Waals surface area contributed by atoms with Gasteiger partial charge in [0.1, 0.15) is 5.82 Å². The van der Waals surface area contributed by atoms with Crippen molar-refractivity contribution in [3.63, 3.8) is 0 Å². The van der Waals surface area contributed by atoms with Crippen molar-refractivity contribution in [3.8, 4) is 11.1 Å². The highest BCUT2D eigenvalue weighted by Crippen LogP contribution is 2.46. The molecule has 4 rings (SSSR count).